The van der Waals surface area contributed by atoms with Crippen LogP contribution in [0.15, 0.2) is 12.1 Å². The van der Waals surface area contributed by atoms with Crippen LogP contribution in [0.1, 0.15) is 30.9 Å². The summed E-state index contributed by atoms with van der Waals surface area (Å²) in [6.07, 6.45) is 2.85. The Morgan fingerprint density at radius 2 is 2.17 bits per heavy atom. The van der Waals surface area contributed by atoms with Gasteiger partial charge in [-0.15, -0.1) is 12.4 Å². The largest absolute Gasteiger partial charge is 0.506 e. The van der Waals surface area contributed by atoms with Crippen LogP contribution in [-0.2, 0) is 0 Å². The van der Waals surface area contributed by atoms with Gasteiger partial charge in [0.15, 0.2) is 0 Å². The van der Waals surface area contributed by atoms with E-state index in [1.54, 1.807) is 0 Å². The lowest BCUT2D eigenvalue weighted by Gasteiger charge is -2.14. The maximum Gasteiger partial charge on any atom is 0.277 e. The second-order valence-corrected chi connectivity index (χ2v) is 4.78. The zero-order valence-electron chi connectivity index (χ0n) is 9.51. The maximum atomic E-state index is 10.9. The van der Waals surface area contributed by atoms with Crippen molar-refractivity contribution in [3.05, 3.63) is 32.8 Å². The van der Waals surface area contributed by atoms with E-state index >= 15 is 0 Å². The number of benzene rings is 1. The van der Waals surface area contributed by atoms with Gasteiger partial charge in [0.2, 0.25) is 0 Å². The number of halogens is 2. The number of nitro benzene ring substituents is 1. The molecule has 5 nitrogen and oxygen atoms in total. The number of phenolic OH excluding ortho intramolecular Hbond substituents is 1. The molecule has 1 aromatic rings. The summed E-state index contributed by atoms with van der Waals surface area (Å²) in [5.41, 5.74) is 5.90. The Balaban J connectivity index is 0.00000162. The highest BCUT2D eigenvalue weighted by atomic mass is 35.5. The van der Waals surface area contributed by atoms with Crippen molar-refractivity contribution in [3.8, 4) is 5.75 Å². The fourth-order valence-electron chi connectivity index (χ4n) is 1.93. The molecule has 1 aliphatic rings. The van der Waals surface area contributed by atoms with Gasteiger partial charge >= 0.3 is 0 Å². The molecule has 0 saturated heterocycles. The lowest BCUT2D eigenvalue weighted by molar-refractivity contribution is -0.385. The molecular weight excluding hydrogens is 279 g/mol. The number of aromatic hydroxyl groups is 1. The third-order valence-electron chi connectivity index (χ3n) is 3.00. The number of hydrogen-bond acceptors (Lipinski definition) is 4. The van der Waals surface area contributed by atoms with E-state index in [1.165, 1.54) is 12.1 Å². The molecule has 0 aromatic heterocycles. The Morgan fingerprint density at radius 3 is 2.67 bits per heavy atom. The highest BCUT2D eigenvalue weighted by Gasteiger charge is 2.30. The molecule has 0 unspecified atom stereocenters. The molecule has 1 fully saturated rings. The Kier molecular flexibility index (Phi) is 4.78. The lowest BCUT2D eigenvalue weighted by Crippen LogP contribution is -2.13. The maximum absolute atomic E-state index is 10.9. The van der Waals surface area contributed by atoms with Gasteiger partial charge in [-0.05, 0) is 18.4 Å². The van der Waals surface area contributed by atoms with Crippen molar-refractivity contribution >= 4 is 29.7 Å². The summed E-state index contributed by atoms with van der Waals surface area (Å²) in [6, 6.07) is 2.05. The number of nitrogens with zero attached hydrogens (tertiary/aromatic N) is 1. The summed E-state index contributed by atoms with van der Waals surface area (Å²) in [7, 11) is 0. The van der Waals surface area contributed by atoms with Crippen LogP contribution in [0, 0.1) is 16.0 Å². The predicted molar refractivity (Wildman–Crippen MR) is 71.3 cm³/mol. The number of nitro groups is 1. The molecular formula is C11H14Cl2N2O3. The zero-order valence-corrected chi connectivity index (χ0v) is 11.1. The molecule has 0 spiro atoms. The van der Waals surface area contributed by atoms with Gasteiger partial charge in [0.25, 0.3) is 5.69 Å². The van der Waals surface area contributed by atoms with Crippen LogP contribution in [0.5, 0.6) is 5.75 Å². The quantitative estimate of drug-likeness (QED) is 0.659. The highest BCUT2D eigenvalue weighted by Crippen LogP contribution is 2.43. The summed E-state index contributed by atoms with van der Waals surface area (Å²) in [4.78, 5) is 10.3. The topological polar surface area (TPSA) is 89.4 Å². The Labute approximate surface area is 115 Å². The fraction of sp³-hybridized carbons (Fsp3) is 0.455. The molecule has 1 aliphatic carbocycles. The number of nitrogens with two attached hydrogens (primary N) is 1. The van der Waals surface area contributed by atoms with Crippen molar-refractivity contribution in [2.45, 2.75) is 25.3 Å². The predicted octanol–water partition coefficient (Wildman–Crippen LogP) is 3.18. The third-order valence-corrected chi connectivity index (χ3v) is 3.30. The van der Waals surface area contributed by atoms with E-state index in [4.69, 9.17) is 17.3 Å². The molecule has 2 rings (SSSR count). The first-order chi connectivity index (χ1) is 8.00. The Hall–Kier alpha value is -1.04. The molecule has 0 amide bonds. The van der Waals surface area contributed by atoms with Gasteiger partial charge in [0.1, 0.15) is 5.75 Å². The Bertz CT molecular complexity index is 464. The van der Waals surface area contributed by atoms with Crippen molar-refractivity contribution in [3.63, 3.8) is 0 Å². The molecule has 0 radical (unpaired) electrons. The molecule has 100 valence electrons. The average molecular weight is 293 g/mol. The van der Waals surface area contributed by atoms with Crippen molar-refractivity contribution in [1.82, 2.24) is 0 Å². The summed E-state index contributed by atoms with van der Waals surface area (Å²) < 4.78 is 0. The van der Waals surface area contributed by atoms with Crippen LogP contribution >= 0.6 is 24.0 Å². The van der Waals surface area contributed by atoms with Gasteiger partial charge in [-0.3, -0.25) is 10.1 Å². The molecule has 1 atom stereocenters. The first-order valence-electron chi connectivity index (χ1n) is 5.42. The smallest absolute Gasteiger partial charge is 0.277 e. The third kappa shape index (κ3) is 3.04. The van der Waals surface area contributed by atoms with E-state index in [2.05, 4.69) is 0 Å². The van der Waals surface area contributed by atoms with E-state index < -0.39 is 11.0 Å². The molecule has 0 bridgehead atoms. The Morgan fingerprint density at radius 1 is 1.56 bits per heavy atom. The molecule has 3 N–H and O–H groups in total. The van der Waals surface area contributed by atoms with Gasteiger partial charge in [-0.1, -0.05) is 24.4 Å². The fourth-order valence-corrected chi connectivity index (χ4v) is 2.09. The molecule has 7 heteroatoms. The molecule has 1 aromatic carbocycles. The minimum atomic E-state index is -0.544. The summed E-state index contributed by atoms with van der Waals surface area (Å²) in [6.45, 7) is 0. The van der Waals surface area contributed by atoms with Crippen molar-refractivity contribution in [2.24, 2.45) is 11.7 Å². The number of hydrogen-bond donors (Lipinski definition) is 2. The lowest BCUT2D eigenvalue weighted by atomic mass is 9.99. The standard InChI is InChI=1S/C11H13ClN2O3.ClH/c12-7-3-4-9(14(16)17)10(11(7)15)8(13)5-6-1-2-6;/h3-4,6,8,15H,1-2,5,13H2;1H/t8-;/m1./s1. The van der Waals surface area contributed by atoms with Gasteiger partial charge in [0.05, 0.1) is 15.5 Å². The molecule has 0 aliphatic heterocycles. The van der Waals surface area contributed by atoms with Crippen LogP contribution in [0.3, 0.4) is 0 Å². The van der Waals surface area contributed by atoms with Crippen molar-refractivity contribution < 1.29 is 10.0 Å². The summed E-state index contributed by atoms with van der Waals surface area (Å²) in [5, 5.41) is 20.8. The number of phenols is 1. The van der Waals surface area contributed by atoms with E-state index in [0.29, 0.717) is 12.3 Å². The highest BCUT2D eigenvalue weighted by molar-refractivity contribution is 6.32. The zero-order chi connectivity index (χ0) is 12.6. The van der Waals surface area contributed by atoms with E-state index in [9.17, 15) is 15.2 Å². The van der Waals surface area contributed by atoms with Crippen LogP contribution in [-0.4, -0.2) is 10.0 Å². The average Bonchev–Trinajstić information content (AvgIpc) is 3.05. The van der Waals surface area contributed by atoms with Crippen LogP contribution in [0.25, 0.3) is 0 Å². The van der Waals surface area contributed by atoms with Crippen molar-refractivity contribution in [1.29, 1.82) is 0 Å². The van der Waals surface area contributed by atoms with Gasteiger partial charge in [-0.25, -0.2) is 0 Å². The normalized spacial score (nSPS) is 15.9. The van der Waals surface area contributed by atoms with Crippen LogP contribution in [0.4, 0.5) is 5.69 Å². The van der Waals surface area contributed by atoms with Crippen LogP contribution in [0.2, 0.25) is 5.02 Å². The molecule has 18 heavy (non-hydrogen) atoms. The van der Waals surface area contributed by atoms with Crippen LogP contribution < -0.4 is 5.73 Å². The van der Waals surface area contributed by atoms with Gasteiger partial charge < -0.3 is 10.8 Å². The first kappa shape index (κ1) is 15.0. The van der Waals surface area contributed by atoms with Gasteiger partial charge in [0, 0.05) is 12.1 Å². The van der Waals surface area contributed by atoms with E-state index in [1.807, 2.05) is 0 Å². The second-order valence-electron chi connectivity index (χ2n) is 4.37. The summed E-state index contributed by atoms with van der Waals surface area (Å²) in [5.74, 6) is 0.247. The second kappa shape index (κ2) is 5.73. The minimum Gasteiger partial charge on any atom is -0.506 e. The SMILES string of the molecule is Cl.N[C@H](CC1CC1)c1c([N+](=O)[O-])ccc(Cl)c1O. The monoisotopic (exact) mass is 292 g/mol. The number of rotatable bonds is 4. The molecule has 0 heterocycles. The molecule has 1 saturated carbocycles. The minimum absolute atomic E-state index is 0. The summed E-state index contributed by atoms with van der Waals surface area (Å²) >= 11 is 5.76. The van der Waals surface area contributed by atoms with Gasteiger partial charge in [-0.2, -0.15) is 0 Å². The van der Waals surface area contributed by atoms with E-state index in [-0.39, 0.29) is 34.4 Å². The first-order valence-corrected chi connectivity index (χ1v) is 5.79. The van der Waals surface area contributed by atoms with Crippen molar-refractivity contribution in [2.75, 3.05) is 0 Å². The van der Waals surface area contributed by atoms with E-state index in [0.717, 1.165) is 12.8 Å².